The minimum atomic E-state index is -1.45. The monoisotopic (exact) mass is 495 g/mol. The van der Waals surface area contributed by atoms with E-state index >= 15 is 0 Å². The zero-order chi connectivity index (χ0) is 24.6. The van der Waals surface area contributed by atoms with Crippen LogP contribution in [0.25, 0.3) is 0 Å². The van der Waals surface area contributed by atoms with Gasteiger partial charge in [-0.2, -0.15) is 0 Å². The van der Waals surface area contributed by atoms with E-state index < -0.39 is 17.0 Å². The second kappa shape index (κ2) is 9.14. The Morgan fingerprint density at radius 1 is 1.26 bits per heavy atom. The molecule has 0 bridgehead atoms. The number of halogens is 1. The van der Waals surface area contributed by atoms with Crippen molar-refractivity contribution in [3.63, 3.8) is 0 Å². The van der Waals surface area contributed by atoms with Gasteiger partial charge in [0.25, 0.3) is 5.91 Å². The predicted octanol–water partition coefficient (Wildman–Crippen LogP) is 2.01. The Kier molecular flexibility index (Phi) is 6.16. The number of hydrogen-bond acceptors (Lipinski definition) is 9. The van der Waals surface area contributed by atoms with Crippen LogP contribution in [0.3, 0.4) is 0 Å². The van der Waals surface area contributed by atoms with E-state index in [1.54, 1.807) is 42.5 Å². The van der Waals surface area contributed by atoms with Gasteiger partial charge in [0.1, 0.15) is 16.8 Å². The number of thioether (sulfide) groups is 1. The summed E-state index contributed by atoms with van der Waals surface area (Å²) in [5.74, 6) is 0.333. The van der Waals surface area contributed by atoms with Crippen LogP contribution in [0.15, 0.2) is 55.1 Å². The average molecular weight is 496 g/mol. The second-order valence-electron chi connectivity index (χ2n) is 9.26. The van der Waals surface area contributed by atoms with E-state index in [-0.39, 0.29) is 23.0 Å². The maximum absolute atomic E-state index is 14.3. The highest BCUT2D eigenvalue weighted by Gasteiger charge is 2.53. The third kappa shape index (κ3) is 4.58. The number of hydrogen-bond donors (Lipinski definition) is 3. The van der Waals surface area contributed by atoms with Crippen molar-refractivity contribution in [2.75, 3.05) is 23.7 Å². The number of nitrogens with zero attached hydrogens (tertiary/aromatic N) is 5. The van der Waals surface area contributed by atoms with E-state index in [1.807, 2.05) is 23.1 Å². The molecule has 2 saturated heterocycles. The third-order valence-electron chi connectivity index (χ3n) is 6.34. The van der Waals surface area contributed by atoms with Gasteiger partial charge in [-0.15, -0.1) is 11.8 Å². The molecule has 0 spiro atoms. The number of carbonyl (C=O) groups excluding carboxylic acids is 1. The highest BCUT2D eigenvalue weighted by atomic mass is 32.2. The molecule has 1 unspecified atom stereocenters. The molecule has 3 N–H and O–H groups in total. The number of carbonyl (C=O) groups is 1. The standard InChI is InChI=1S/C24H26FN7O2S/c1-23(2,34)19-17(25)10-28-21(29-19)32-12-16-13-35-22(30-20(33)15-6-4-3-5-7-15)31-24(16,14-32)18-11-26-8-9-27-18/h3-11,16,22,31,34H,12-14H2,1-2H3,(H,30,33)/t16-,22?,24-/m0/s1. The van der Waals surface area contributed by atoms with Crippen LogP contribution >= 0.6 is 11.8 Å². The highest BCUT2D eigenvalue weighted by molar-refractivity contribution is 7.99. The number of aliphatic hydroxyl groups is 1. The van der Waals surface area contributed by atoms with Crippen LogP contribution in [0.1, 0.15) is 35.6 Å². The van der Waals surface area contributed by atoms with Gasteiger partial charge in [0, 0.05) is 42.7 Å². The maximum Gasteiger partial charge on any atom is 0.253 e. The zero-order valence-corrected chi connectivity index (χ0v) is 20.2. The van der Waals surface area contributed by atoms with Crippen molar-refractivity contribution in [3.8, 4) is 0 Å². The van der Waals surface area contributed by atoms with Crippen LogP contribution in [0.5, 0.6) is 0 Å². The molecule has 182 valence electrons. The first-order valence-electron chi connectivity index (χ1n) is 11.3. The molecule has 35 heavy (non-hydrogen) atoms. The summed E-state index contributed by atoms with van der Waals surface area (Å²) in [6.07, 6.45) is 6.08. The Hall–Kier alpha value is -3.15. The summed E-state index contributed by atoms with van der Waals surface area (Å²) in [6.45, 7) is 4.01. The van der Waals surface area contributed by atoms with Gasteiger partial charge < -0.3 is 15.3 Å². The van der Waals surface area contributed by atoms with Crippen molar-refractivity contribution < 1.29 is 14.3 Å². The van der Waals surface area contributed by atoms with E-state index in [0.717, 1.165) is 17.6 Å². The van der Waals surface area contributed by atoms with Gasteiger partial charge >= 0.3 is 0 Å². The van der Waals surface area contributed by atoms with Gasteiger partial charge in [-0.05, 0) is 26.0 Å². The summed E-state index contributed by atoms with van der Waals surface area (Å²) in [7, 11) is 0. The van der Waals surface area contributed by atoms with Gasteiger partial charge in [0.15, 0.2) is 5.82 Å². The van der Waals surface area contributed by atoms with Gasteiger partial charge in [0.05, 0.1) is 23.6 Å². The lowest BCUT2D eigenvalue weighted by atomic mass is 9.85. The Balaban J connectivity index is 1.45. The molecule has 4 heterocycles. The largest absolute Gasteiger partial charge is 0.384 e. The average Bonchev–Trinajstić information content (AvgIpc) is 3.25. The summed E-state index contributed by atoms with van der Waals surface area (Å²) in [6, 6.07) is 9.06. The topological polar surface area (TPSA) is 116 Å². The first-order valence-corrected chi connectivity index (χ1v) is 12.3. The molecule has 1 aromatic carbocycles. The minimum absolute atomic E-state index is 0.0544. The molecule has 0 saturated carbocycles. The zero-order valence-electron chi connectivity index (χ0n) is 19.3. The van der Waals surface area contributed by atoms with Crippen molar-refractivity contribution in [3.05, 3.63) is 77.9 Å². The third-order valence-corrected chi connectivity index (χ3v) is 7.51. The maximum atomic E-state index is 14.3. The van der Waals surface area contributed by atoms with Crippen LogP contribution in [-0.4, -0.2) is 55.3 Å². The molecule has 3 aromatic rings. The molecule has 2 aromatic heterocycles. The molecule has 0 radical (unpaired) electrons. The predicted molar refractivity (Wildman–Crippen MR) is 130 cm³/mol. The van der Waals surface area contributed by atoms with Crippen LogP contribution in [0, 0.1) is 11.7 Å². The molecule has 5 rings (SSSR count). The van der Waals surface area contributed by atoms with Crippen molar-refractivity contribution in [2.24, 2.45) is 5.92 Å². The fourth-order valence-electron chi connectivity index (χ4n) is 4.62. The van der Waals surface area contributed by atoms with Crippen molar-refractivity contribution in [1.82, 2.24) is 30.6 Å². The molecule has 3 atom stereocenters. The number of amides is 1. The lowest BCUT2D eigenvalue weighted by molar-refractivity contribution is 0.0693. The van der Waals surface area contributed by atoms with Crippen LogP contribution in [-0.2, 0) is 11.1 Å². The van der Waals surface area contributed by atoms with Gasteiger partial charge in [-0.25, -0.2) is 14.4 Å². The normalized spacial score (nSPS) is 24.2. The van der Waals surface area contributed by atoms with Crippen molar-refractivity contribution in [1.29, 1.82) is 0 Å². The molecule has 9 nitrogen and oxygen atoms in total. The Bertz CT molecular complexity index is 1210. The fraction of sp³-hybridized carbons (Fsp3) is 0.375. The van der Waals surface area contributed by atoms with Crippen molar-refractivity contribution >= 4 is 23.6 Å². The molecular formula is C24H26FN7O2S. The quantitative estimate of drug-likeness (QED) is 0.489. The fourth-order valence-corrected chi connectivity index (χ4v) is 5.92. The Labute approximate surface area is 206 Å². The van der Waals surface area contributed by atoms with Gasteiger partial charge in [-0.1, -0.05) is 18.2 Å². The number of benzene rings is 1. The second-order valence-corrected chi connectivity index (χ2v) is 10.4. The van der Waals surface area contributed by atoms with Crippen molar-refractivity contribution in [2.45, 2.75) is 30.5 Å². The number of nitrogens with one attached hydrogen (secondary N) is 2. The van der Waals surface area contributed by atoms with E-state index in [1.165, 1.54) is 13.8 Å². The minimum Gasteiger partial charge on any atom is -0.384 e. The first kappa shape index (κ1) is 23.6. The highest BCUT2D eigenvalue weighted by Crippen LogP contribution is 2.43. The molecule has 0 aliphatic carbocycles. The van der Waals surface area contributed by atoms with Gasteiger partial charge in [0.2, 0.25) is 5.95 Å². The number of aromatic nitrogens is 4. The SMILES string of the molecule is CC(C)(O)c1nc(N2C[C@H]3CSC(NC(=O)c4ccccc4)N[C@@]3(c3cnccn3)C2)ncc1F. The Morgan fingerprint density at radius 2 is 2.06 bits per heavy atom. The van der Waals surface area contributed by atoms with Crippen LogP contribution in [0.4, 0.5) is 10.3 Å². The smallest absolute Gasteiger partial charge is 0.253 e. The summed E-state index contributed by atoms with van der Waals surface area (Å²) in [5.41, 5.74) is -1.17. The number of anilines is 1. The molecule has 2 aliphatic heterocycles. The van der Waals surface area contributed by atoms with E-state index in [0.29, 0.717) is 24.6 Å². The lowest BCUT2D eigenvalue weighted by Crippen LogP contribution is -2.61. The number of rotatable bonds is 5. The summed E-state index contributed by atoms with van der Waals surface area (Å²) >= 11 is 1.60. The molecular weight excluding hydrogens is 469 g/mol. The summed E-state index contributed by atoms with van der Waals surface area (Å²) in [4.78, 5) is 32.2. The summed E-state index contributed by atoms with van der Waals surface area (Å²) in [5, 5.41) is 17.0. The molecule has 1 amide bonds. The number of fused-ring (bicyclic) bond motifs is 1. The molecule has 2 aliphatic rings. The van der Waals surface area contributed by atoms with Gasteiger partial charge in [-0.3, -0.25) is 20.1 Å². The lowest BCUT2D eigenvalue weighted by Gasteiger charge is -2.42. The van der Waals surface area contributed by atoms with E-state index in [2.05, 4.69) is 30.6 Å². The van der Waals surface area contributed by atoms with Crippen LogP contribution in [0.2, 0.25) is 0 Å². The van der Waals surface area contributed by atoms with Crippen LogP contribution < -0.4 is 15.5 Å². The first-order chi connectivity index (χ1) is 16.8. The van der Waals surface area contributed by atoms with E-state index in [4.69, 9.17) is 0 Å². The molecule has 11 heteroatoms. The molecule has 2 fully saturated rings. The Morgan fingerprint density at radius 3 is 2.77 bits per heavy atom. The summed E-state index contributed by atoms with van der Waals surface area (Å²) < 4.78 is 14.3. The van der Waals surface area contributed by atoms with E-state index in [9.17, 15) is 14.3 Å².